The molecule has 7 nitrogen and oxygen atoms in total. The molecule has 0 bridgehead atoms. The van der Waals surface area contributed by atoms with Gasteiger partial charge in [-0.25, -0.2) is 4.79 Å². The molecule has 5 aromatic rings. The molecule has 6 rings (SSSR count). The van der Waals surface area contributed by atoms with Crippen LogP contribution in [0.1, 0.15) is 16.1 Å². The molecule has 0 unspecified atom stereocenters. The number of carbonyl (C=O) groups is 2. The van der Waals surface area contributed by atoms with Gasteiger partial charge in [0.05, 0.1) is 24.1 Å². The van der Waals surface area contributed by atoms with Gasteiger partial charge in [0.25, 0.3) is 5.91 Å². The van der Waals surface area contributed by atoms with Crippen LogP contribution < -0.4 is 10.1 Å². The Morgan fingerprint density at radius 1 is 0.756 bits per heavy atom. The normalized spacial score (nSPS) is 13.3. The van der Waals surface area contributed by atoms with Gasteiger partial charge in [0.1, 0.15) is 5.75 Å². The Kier molecular flexibility index (Phi) is 7.17. The van der Waals surface area contributed by atoms with Crippen LogP contribution in [-0.4, -0.2) is 59.6 Å². The van der Waals surface area contributed by atoms with Gasteiger partial charge < -0.3 is 24.4 Å². The molecule has 1 aliphatic heterocycles. The third kappa shape index (κ3) is 5.14. The lowest BCUT2D eigenvalue weighted by Gasteiger charge is -2.34. The highest BCUT2D eigenvalue weighted by Gasteiger charge is 2.28. The molecule has 1 aliphatic rings. The van der Waals surface area contributed by atoms with E-state index < -0.39 is 0 Å². The van der Waals surface area contributed by atoms with Gasteiger partial charge in [-0.15, -0.1) is 0 Å². The van der Waals surface area contributed by atoms with Crippen LogP contribution in [0.3, 0.4) is 0 Å². The molecule has 0 saturated carbocycles. The second kappa shape index (κ2) is 11.2. The highest BCUT2D eigenvalue weighted by molar-refractivity contribution is 6.02. The molecule has 3 amide bonds. The summed E-state index contributed by atoms with van der Waals surface area (Å²) in [6, 6.07) is 33.6. The predicted molar refractivity (Wildman–Crippen MR) is 163 cm³/mol. The molecule has 0 aliphatic carbocycles. The Morgan fingerprint density at radius 2 is 1.44 bits per heavy atom. The van der Waals surface area contributed by atoms with Crippen LogP contribution in [-0.2, 0) is 0 Å². The number of anilines is 1. The van der Waals surface area contributed by atoms with Crippen molar-refractivity contribution in [3.63, 3.8) is 0 Å². The van der Waals surface area contributed by atoms with Crippen molar-refractivity contribution in [1.29, 1.82) is 0 Å². The highest BCUT2D eigenvalue weighted by atomic mass is 16.5. The highest BCUT2D eigenvalue weighted by Crippen LogP contribution is 2.32. The maximum absolute atomic E-state index is 13.9. The number of methoxy groups -OCH3 is 1. The lowest BCUT2D eigenvalue weighted by Crippen LogP contribution is -2.51. The first-order chi connectivity index (χ1) is 20.0. The Bertz CT molecular complexity index is 1710. The van der Waals surface area contributed by atoms with E-state index in [0.717, 1.165) is 44.8 Å². The number of nitrogens with one attached hydrogen (secondary N) is 1. The first-order valence-electron chi connectivity index (χ1n) is 13.8. The Balaban J connectivity index is 1.21. The molecule has 4 aromatic carbocycles. The number of hydrogen-bond donors (Lipinski definition) is 1. The monoisotopic (exact) mass is 544 g/mol. The van der Waals surface area contributed by atoms with Gasteiger partial charge in [-0.05, 0) is 42.1 Å². The largest absolute Gasteiger partial charge is 0.497 e. The van der Waals surface area contributed by atoms with Gasteiger partial charge in [0.2, 0.25) is 0 Å². The smallest absolute Gasteiger partial charge is 0.321 e. The van der Waals surface area contributed by atoms with Crippen LogP contribution >= 0.6 is 0 Å². The number of benzene rings is 4. The third-order valence-corrected chi connectivity index (χ3v) is 7.74. The van der Waals surface area contributed by atoms with Gasteiger partial charge >= 0.3 is 6.03 Å². The van der Waals surface area contributed by atoms with E-state index in [2.05, 4.69) is 9.88 Å². The van der Waals surface area contributed by atoms with Crippen LogP contribution in [0.4, 0.5) is 10.5 Å². The van der Waals surface area contributed by atoms with Crippen LogP contribution in [0, 0.1) is 6.92 Å². The summed E-state index contributed by atoms with van der Waals surface area (Å²) in [4.78, 5) is 30.6. The number of fused-ring (bicyclic) bond motifs is 1. The first-order valence-corrected chi connectivity index (χ1v) is 13.8. The number of carbonyl (C=O) groups excluding carboxylic acids is 2. The zero-order valence-electron chi connectivity index (χ0n) is 23.2. The summed E-state index contributed by atoms with van der Waals surface area (Å²) in [6.07, 6.45) is 0. The summed E-state index contributed by atoms with van der Waals surface area (Å²) in [6.45, 7) is 3.83. The number of amides is 3. The van der Waals surface area contributed by atoms with E-state index in [0.29, 0.717) is 31.7 Å². The molecule has 1 saturated heterocycles. The lowest BCUT2D eigenvalue weighted by atomic mass is 10.1. The number of nitrogens with zero attached hydrogens (tertiary/aromatic N) is 3. The molecule has 1 aromatic heterocycles. The van der Waals surface area contributed by atoms with Gasteiger partial charge in [0.15, 0.2) is 0 Å². The number of hydrogen-bond acceptors (Lipinski definition) is 3. The molecule has 41 heavy (non-hydrogen) atoms. The molecule has 0 radical (unpaired) electrons. The SMILES string of the molecule is COc1cccc(-n2c(-c3ccccc3)cc(C(=O)N3CCN(C(=O)Nc4cccc5ccccc45)CC3)c2C)c1. The summed E-state index contributed by atoms with van der Waals surface area (Å²) < 4.78 is 7.58. The maximum Gasteiger partial charge on any atom is 0.321 e. The Hall–Kier alpha value is -5.04. The van der Waals surface area contributed by atoms with E-state index in [1.807, 2.05) is 115 Å². The van der Waals surface area contributed by atoms with Crippen LogP contribution in [0.2, 0.25) is 0 Å². The van der Waals surface area contributed by atoms with E-state index >= 15 is 0 Å². The van der Waals surface area contributed by atoms with E-state index in [9.17, 15) is 9.59 Å². The minimum Gasteiger partial charge on any atom is -0.497 e. The van der Waals surface area contributed by atoms with E-state index in [1.54, 1.807) is 12.0 Å². The topological polar surface area (TPSA) is 66.8 Å². The number of aromatic nitrogens is 1. The molecule has 0 atom stereocenters. The fraction of sp³-hybridized carbons (Fsp3) is 0.176. The van der Waals surface area contributed by atoms with E-state index in [1.165, 1.54) is 0 Å². The second-order valence-corrected chi connectivity index (χ2v) is 10.2. The van der Waals surface area contributed by atoms with Crippen molar-refractivity contribution in [3.8, 4) is 22.7 Å². The molecule has 7 heteroatoms. The fourth-order valence-corrected chi connectivity index (χ4v) is 5.54. The van der Waals surface area contributed by atoms with Crippen molar-refractivity contribution in [2.24, 2.45) is 0 Å². The summed E-state index contributed by atoms with van der Waals surface area (Å²) >= 11 is 0. The number of rotatable bonds is 5. The van der Waals surface area contributed by atoms with Crippen LogP contribution in [0.5, 0.6) is 5.75 Å². The zero-order valence-corrected chi connectivity index (χ0v) is 23.2. The van der Waals surface area contributed by atoms with Gasteiger partial charge in [-0.1, -0.05) is 72.8 Å². The Labute approximate surface area is 239 Å². The summed E-state index contributed by atoms with van der Waals surface area (Å²) in [7, 11) is 1.65. The van der Waals surface area contributed by atoms with Gasteiger partial charge in [0, 0.05) is 49.0 Å². The number of ether oxygens (including phenoxy) is 1. The van der Waals surface area contributed by atoms with Gasteiger partial charge in [-0.2, -0.15) is 0 Å². The molecule has 2 heterocycles. The number of piperazine rings is 1. The molecule has 1 N–H and O–H groups in total. The van der Waals surface area contributed by atoms with Crippen LogP contribution in [0.15, 0.2) is 103 Å². The second-order valence-electron chi connectivity index (χ2n) is 10.2. The van der Waals surface area contributed by atoms with E-state index in [4.69, 9.17) is 4.74 Å². The molecule has 0 spiro atoms. The average Bonchev–Trinajstić information content (AvgIpc) is 3.38. The lowest BCUT2D eigenvalue weighted by molar-refractivity contribution is 0.0671. The first kappa shape index (κ1) is 26.2. The molecular formula is C34H32N4O3. The number of urea groups is 1. The summed E-state index contributed by atoms with van der Waals surface area (Å²) in [5, 5.41) is 5.14. The quantitative estimate of drug-likeness (QED) is 0.271. The molecular weight excluding hydrogens is 512 g/mol. The summed E-state index contributed by atoms with van der Waals surface area (Å²) in [5.74, 6) is 0.718. The maximum atomic E-state index is 13.9. The van der Waals surface area contributed by atoms with Crippen molar-refractivity contribution in [2.75, 3.05) is 38.6 Å². The minimum absolute atomic E-state index is 0.0320. The average molecular weight is 545 g/mol. The third-order valence-electron chi connectivity index (χ3n) is 7.74. The minimum atomic E-state index is -0.153. The van der Waals surface area contributed by atoms with E-state index in [-0.39, 0.29) is 11.9 Å². The zero-order chi connectivity index (χ0) is 28.3. The molecule has 1 fully saturated rings. The van der Waals surface area contributed by atoms with Crippen molar-refractivity contribution in [2.45, 2.75) is 6.92 Å². The Morgan fingerprint density at radius 3 is 2.22 bits per heavy atom. The van der Waals surface area contributed by atoms with Gasteiger partial charge in [-0.3, -0.25) is 4.79 Å². The van der Waals surface area contributed by atoms with Crippen molar-refractivity contribution in [1.82, 2.24) is 14.4 Å². The van der Waals surface area contributed by atoms with Crippen LogP contribution in [0.25, 0.3) is 27.7 Å². The van der Waals surface area contributed by atoms with Crippen molar-refractivity contribution in [3.05, 3.63) is 114 Å². The predicted octanol–water partition coefficient (Wildman–Crippen LogP) is 6.60. The standard InChI is InChI=1S/C34H32N4O3/c1-24-30(23-32(26-11-4-3-5-12-26)38(24)27-14-9-15-28(22-27)41-2)33(39)36-18-20-37(21-19-36)34(40)35-31-17-8-13-25-10-6-7-16-29(25)31/h3-17,22-23H,18-21H2,1-2H3,(H,35,40). The van der Waals surface area contributed by atoms with Crippen molar-refractivity contribution < 1.29 is 14.3 Å². The fourth-order valence-electron chi connectivity index (χ4n) is 5.54. The summed E-state index contributed by atoms with van der Waals surface area (Å²) in [5.41, 5.74) is 5.18. The molecule has 206 valence electrons. The van der Waals surface area contributed by atoms with Crippen molar-refractivity contribution >= 4 is 28.4 Å².